The second kappa shape index (κ2) is 5.73. The quantitative estimate of drug-likeness (QED) is 0.829. The van der Waals surface area contributed by atoms with Crippen molar-refractivity contribution in [2.24, 2.45) is 34.5 Å². The van der Waals surface area contributed by atoms with Crippen LogP contribution < -0.4 is 0 Å². The minimum Gasteiger partial charge on any atom is -0.389 e. The number of aliphatic hydroxyl groups excluding tert-OH is 1. The molecule has 0 bridgehead atoms. The molecule has 3 saturated carbocycles. The van der Waals surface area contributed by atoms with Crippen molar-refractivity contribution in [1.82, 2.24) is 0 Å². The van der Waals surface area contributed by atoms with E-state index < -0.39 is 6.17 Å². The van der Waals surface area contributed by atoms with E-state index in [4.69, 9.17) is 0 Å². The number of alkyl halides is 1. The van der Waals surface area contributed by atoms with Crippen LogP contribution in [0.3, 0.4) is 0 Å². The molecular formula is C21H29FO3. The highest BCUT2D eigenvalue weighted by atomic mass is 19.1. The van der Waals surface area contributed by atoms with Gasteiger partial charge in [0.05, 0.1) is 0 Å². The number of hydrogen-bond acceptors (Lipinski definition) is 3. The van der Waals surface area contributed by atoms with E-state index in [2.05, 4.69) is 13.8 Å². The first kappa shape index (κ1) is 17.4. The molecule has 4 heteroatoms. The van der Waals surface area contributed by atoms with Gasteiger partial charge in [0.2, 0.25) is 0 Å². The molecular weight excluding hydrogens is 319 g/mol. The molecule has 1 N–H and O–H groups in total. The van der Waals surface area contributed by atoms with Crippen molar-refractivity contribution >= 4 is 11.6 Å². The largest absolute Gasteiger partial charge is 0.389 e. The number of ketones is 2. The zero-order valence-corrected chi connectivity index (χ0v) is 15.3. The minimum atomic E-state index is -1.02. The summed E-state index contributed by atoms with van der Waals surface area (Å²) in [6.07, 6.45) is 6.15. The normalized spacial score (nSPS) is 49.0. The summed E-state index contributed by atoms with van der Waals surface area (Å²) < 4.78 is 15.1. The van der Waals surface area contributed by atoms with Gasteiger partial charge in [-0.3, -0.25) is 9.59 Å². The highest BCUT2D eigenvalue weighted by Gasteiger charge is 2.61. The van der Waals surface area contributed by atoms with Crippen LogP contribution in [0.2, 0.25) is 0 Å². The van der Waals surface area contributed by atoms with Gasteiger partial charge in [-0.05, 0) is 78.8 Å². The topological polar surface area (TPSA) is 54.4 Å². The van der Waals surface area contributed by atoms with E-state index in [0.717, 1.165) is 37.7 Å². The monoisotopic (exact) mass is 348 g/mol. The molecule has 3 nitrogen and oxygen atoms in total. The molecule has 0 heterocycles. The van der Waals surface area contributed by atoms with Crippen LogP contribution in [-0.4, -0.2) is 29.5 Å². The van der Waals surface area contributed by atoms with Gasteiger partial charge in [0.1, 0.15) is 12.8 Å². The van der Waals surface area contributed by atoms with Crippen LogP contribution in [0.5, 0.6) is 0 Å². The Hall–Kier alpha value is -1.03. The van der Waals surface area contributed by atoms with Crippen molar-refractivity contribution < 1.29 is 19.1 Å². The van der Waals surface area contributed by atoms with Crippen molar-refractivity contribution in [2.45, 2.75) is 65.0 Å². The number of carbonyl (C=O) groups excluding carboxylic acids is 2. The van der Waals surface area contributed by atoms with Crippen molar-refractivity contribution in [1.29, 1.82) is 0 Å². The Morgan fingerprint density at radius 2 is 2.00 bits per heavy atom. The lowest BCUT2D eigenvalue weighted by Crippen LogP contribution is -2.53. The predicted octanol–water partition coefficient (Wildman–Crippen LogP) is 3.64. The number of rotatable bonds is 2. The third kappa shape index (κ3) is 2.32. The Balaban J connectivity index is 1.68. The molecule has 7 atom stereocenters. The van der Waals surface area contributed by atoms with Crippen molar-refractivity contribution in [3.8, 4) is 0 Å². The number of fused-ring (bicyclic) bond motifs is 5. The molecule has 0 amide bonds. The summed E-state index contributed by atoms with van der Waals surface area (Å²) >= 11 is 0. The lowest BCUT2D eigenvalue weighted by molar-refractivity contribution is -0.134. The number of Topliss-reactive ketones (excluding diaryl/α,β-unsaturated/α-hetero) is 1. The van der Waals surface area contributed by atoms with Crippen molar-refractivity contribution in [2.75, 3.05) is 6.61 Å². The average molecular weight is 348 g/mol. The molecule has 0 radical (unpaired) electrons. The van der Waals surface area contributed by atoms with Crippen LogP contribution in [0, 0.1) is 34.5 Å². The van der Waals surface area contributed by atoms with Crippen LogP contribution >= 0.6 is 0 Å². The molecule has 0 aromatic carbocycles. The van der Waals surface area contributed by atoms with Gasteiger partial charge >= 0.3 is 0 Å². The van der Waals surface area contributed by atoms with Crippen LogP contribution in [0.4, 0.5) is 4.39 Å². The van der Waals surface area contributed by atoms with E-state index in [-0.39, 0.29) is 34.9 Å². The molecule has 0 spiro atoms. The van der Waals surface area contributed by atoms with Gasteiger partial charge in [0.25, 0.3) is 0 Å². The SMILES string of the molecule is C[C@]12CC[C@H]3[C@@H](CC(F)C4=CC(=O)CC[C@@]43C)[C@@H]1CC[C@@H]2C(=O)CO. The van der Waals surface area contributed by atoms with Crippen LogP contribution in [-0.2, 0) is 9.59 Å². The molecule has 0 aromatic rings. The standard InChI is InChI=1S/C21H29FO3/c1-20-8-6-15-13(14(20)3-4-16(20)19(25)11-23)10-18(22)17-9-12(24)5-7-21(15,17)2/h9,13-16,18,23H,3-8,10-11H2,1-2H3/t13-,14-,15-,16+,18?,20-,21+/m0/s1. The summed E-state index contributed by atoms with van der Waals surface area (Å²) in [6.45, 7) is 3.99. The summed E-state index contributed by atoms with van der Waals surface area (Å²) in [7, 11) is 0. The van der Waals surface area contributed by atoms with E-state index in [1.165, 1.54) is 0 Å². The first-order valence-electron chi connectivity index (χ1n) is 9.84. The molecule has 0 aliphatic heterocycles. The summed E-state index contributed by atoms with van der Waals surface area (Å²) in [6, 6.07) is 0. The van der Waals surface area contributed by atoms with E-state index >= 15 is 4.39 Å². The number of hydrogen-bond donors (Lipinski definition) is 1. The molecule has 138 valence electrons. The fourth-order valence-electron chi connectivity index (χ4n) is 7.20. The maximum Gasteiger partial charge on any atom is 0.161 e. The Kier molecular flexibility index (Phi) is 3.99. The van der Waals surface area contributed by atoms with Gasteiger partial charge in [-0.2, -0.15) is 0 Å². The fraction of sp³-hybridized carbons (Fsp3) is 0.810. The van der Waals surface area contributed by atoms with E-state index in [9.17, 15) is 14.7 Å². The number of allylic oxidation sites excluding steroid dienone is 1. The Morgan fingerprint density at radius 1 is 1.24 bits per heavy atom. The highest BCUT2D eigenvalue weighted by molar-refractivity contribution is 5.92. The Bertz CT molecular complexity index is 641. The molecule has 25 heavy (non-hydrogen) atoms. The molecule has 3 fully saturated rings. The van der Waals surface area contributed by atoms with E-state index in [0.29, 0.717) is 30.6 Å². The first-order valence-corrected chi connectivity index (χ1v) is 9.84. The van der Waals surface area contributed by atoms with Gasteiger partial charge in [-0.1, -0.05) is 13.8 Å². The van der Waals surface area contributed by atoms with Gasteiger partial charge in [0, 0.05) is 12.3 Å². The molecule has 4 aliphatic carbocycles. The third-order valence-electron chi connectivity index (χ3n) is 8.48. The molecule has 4 rings (SSSR count). The van der Waals surface area contributed by atoms with Gasteiger partial charge in [-0.25, -0.2) is 4.39 Å². The van der Waals surface area contributed by atoms with Crippen molar-refractivity contribution in [3.05, 3.63) is 11.6 Å². The first-order chi connectivity index (χ1) is 11.8. The number of aliphatic hydroxyl groups is 1. The van der Waals surface area contributed by atoms with Gasteiger partial charge < -0.3 is 5.11 Å². The predicted molar refractivity (Wildman–Crippen MR) is 92.6 cm³/mol. The van der Waals surface area contributed by atoms with E-state index in [1.807, 2.05) is 0 Å². The number of halogens is 1. The maximum absolute atomic E-state index is 15.1. The summed E-state index contributed by atoms with van der Waals surface area (Å²) in [4.78, 5) is 24.1. The van der Waals surface area contributed by atoms with Crippen LogP contribution in [0.25, 0.3) is 0 Å². The average Bonchev–Trinajstić information content (AvgIpc) is 2.93. The van der Waals surface area contributed by atoms with Crippen molar-refractivity contribution in [3.63, 3.8) is 0 Å². The highest BCUT2D eigenvalue weighted by Crippen LogP contribution is 2.66. The Morgan fingerprint density at radius 3 is 2.72 bits per heavy atom. The zero-order valence-electron chi connectivity index (χ0n) is 15.3. The van der Waals surface area contributed by atoms with E-state index in [1.54, 1.807) is 6.08 Å². The lowest BCUT2D eigenvalue weighted by atomic mass is 9.46. The second-order valence-electron chi connectivity index (χ2n) is 9.36. The zero-order chi connectivity index (χ0) is 18.0. The van der Waals surface area contributed by atoms with Crippen LogP contribution in [0.1, 0.15) is 58.8 Å². The number of carbonyl (C=O) groups is 2. The smallest absolute Gasteiger partial charge is 0.161 e. The lowest BCUT2D eigenvalue weighted by Gasteiger charge is -2.58. The molecule has 4 aliphatic rings. The third-order valence-corrected chi connectivity index (χ3v) is 8.48. The fourth-order valence-corrected chi connectivity index (χ4v) is 7.20. The van der Waals surface area contributed by atoms with Gasteiger partial charge in [0.15, 0.2) is 11.6 Å². The summed E-state index contributed by atoms with van der Waals surface area (Å²) in [5, 5.41) is 9.35. The molecule has 0 aromatic heterocycles. The molecule has 0 saturated heterocycles. The van der Waals surface area contributed by atoms with Gasteiger partial charge in [-0.15, -0.1) is 0 Å². The maximum atomic E-state index is 15.1. The minimum absolute atomic E-state index is 0.0360. The summed E-state index contributed by atoms with van der Waals surface area (Å²) in [5.74, 6) is 1.04. The Labute approximate surface area is 149 Å². The summed E-state index contributed by atoms with van der Waals surface area (Å²) in [5.41, 5.74) is 0.453. The van der Waals surface area contributed by atoms with Crippen LogP contribution in [0.15, 0.2) is 11.6 Å². The second-order valence-corrected chi connectivity index (χ2v) is 9.36. The molecule has 1 unspecified atom stereocenters.